The Morgan fingerprint density at radius 3 is 2.92 bits per heavy atom. The summed E-state index contributed by atoms with van der Waals surface area (Å²) in [6.07, 6.45) is 0.135. The molecule has 4 nitrogen and oxygen atoms in total. The normalized spacial score (nSPS) is 20.8. The van der Waals surface area contributed by atoms with E-state index in [9.17, 15) is 9.50 Å². The molecule has 0 saturated carbocycles. The van der Waals surface area contributed by atoms with Gasteiger partial charge in [-0.2, -0.15) is 5.26 Å². The molecular formula is C19H19FN2O2. The smallest absolute Gasteiger partial charge is 0.127 e. The van der Waals surface area contributed by atoms with E-state index >= 15 is 0 Å². The highest BCUT2D eigenvalue weighted by molar-refractivity contribution is 5.35. The minimum atomic E-state index is -0.455. The first-order valence-electron chi connectivity index (χ1n) is 7.85. The summed E-state index contributed by atoms with van der Waals surface area (Å²) < 4.78 is 19.4. The number of halogens is 1. The third kappa shape index (κ3) is 3.40. The maximum atomic E-state index is 14.1. The molecule has 5 heteroatoms. The van der Waals surface area contributed by atoms with Gasteiger partial charge in [0.1, 0.15) is 11.6 Å². The Hall–Kier alpha value is -2.42. The predicted molar refractivity (Wildman–Crippen MR) is 87.9 cm³/mol. The molecule has 124 valence electrons. The number of nitriles is 1. The second-order valence-corrected chi connectivity index (χ2v) is 6.03. The van der Waals surface area contributed by atoms with Crippen molar-refractivity contribution in [3.8, 4) is 11.8 Å². The highest BCUT2D eigenvalue weighted by Gasteiger charge is 2.32. The second-order valence-electron chi connectivity index (χ2n) is 6.03. The molecule has 1 fully saturated rings. The first-order valence-corrected chi connectivity index (χ1v) is 7.85. The largest absolute Gasteiger partial charge is 0.497 e. The van der Waals surface area contributed by atoms with E-state index in [1.807, 2.05) is 35.2 Å². The van der Waals surface area contributed by atoms with Gasteiger partial charge in [-0.15, -0.1) is 0 Å². The molecule has 2 unspecified atom stereocenters. The molecule has 2 atom stereocenters. The van der Waals surface area contributed by atoms with Gasteiger partial charge in [-0.25, -0.2) is 4.39 Å². The Morgan fingerprint density at radius 1 is 1.33 bits per heavy atom. The molecule has 1 N–H and O–H groups in total. The molecule has 0 aromatic heterocycles. The third-order valence-electron chi connectivity index (χ3n) is 4.41. The number of hydrogen-bond donors (Lipinski definition) is 1. The van der Waals surface area contributed by atoms with Crippen molar-refractivity contribution in [3.05, 3.63) is 65.0 Å². The van der Waals surface area contributed by atoms with Gasteiger partial charge in [0.2, 0.25) is 0 Å². The third-order valence-corrected chi connectivity index (χ3v) is 4.41. The number of benzene rings is 2. The number of nitrogens with zero attached hydrogens (tertiary/aromatic N) is 2. The van der Waals surface area contributed by atoms with Crippen LogP contribution >= 0.6 is 0 Å². The standard InChI is InChI=1S/C19H19FN2O2/c1-24-17-4-2-3-14(8-17)19-9-16(23)12-22(19)11-15-7-13(10-21)5-6-18(15)20/h2-8,16,19,23H,9,11-12H2,1H3. The number of ether oxygens (including phenoxy) is 1. The van der Waals surface area contributed by atoms with E-state index < -0.39 is 6.10 Å². The van der Waals surface area contributed by atoms with Crippen molar-refractivity contribution in [2.45, 2.75) is 25.1 Å². The summed E-state index contributed by atoms with van der Waals surface area (Å²) in [6.45, 7) is 0.818. The number of β-amino-alcohol motifs (C(OH)–C–C–N with tert-alkyl or cyclic N) is 1. The van der Waals surface area contributed by atoms with Crippen molar-refractivity contribution in [1.82, 2.24) is 4.90 Å². The Balaban J connectivity index is 1.87. The number of methoxy groups -OCH3 is 1. The number of hydrogen-bond acceptors (Lipinski definition) is 4. The molecule has 0 spiro atoms. The zero-order valence-corrected chi connectivity index (χ0v) is 13.4. The molecule has 0 radical (unpaired) electrons. The summed E-state index contributed by atoms with van der Waals surface area (Å²) in [5.74, 6) is 0.422. The van der Waals surface area contributed by atoms with Crippen LogP contribution in [0.15, 0.2) is 42.5 Å². The Kier molecular flexibility index (Phi) is 4.79. The van der Waals surface area contributed by atoms with Gasteiger partial charge in [0.05, 0.1) is 24.8 Å². The Labute approximate surface area is 140 Å². The molecule has 0 amide bonds. The van der Waals surface area contributed by atoms with Gasteiger partial charge in [-0.05, 0) is 42.3 Å². The molecule has 1 aliphatic rings. The zero-order valence-electron chi connectivity index (χ0n) is 13.4. The average molecular weight is 326 g/mol. The van der Waals surface area contributed by atoms with Crippen LogP contribution in [0.1, 0.15) is 29.2 Å². The van der Waals surface area contributed by atoms with Crippen LogP contribution in [-0.2, 0) is 6.54 Å². The number of aliphatic hydroxyl groups is 1. The van der Waals surface area contributed by atoms with Crippen molar-refractivity contribution in [2.75, 3.05) is 13.7 Å². The lowest BCUT2D eigenvalue weighted by Crippen LogP contribution is -2.25. The van der Waals surface area contributed by atoms with E-state index in [1.54, 1.807) is 13.2 Å². The summed E-state index contributed by atoms with van der Waals surface area (Å²) in [5, 5.41) is 19.1. The minimum Gasteiger partial charge on any atom is -0.497 e. The fourth-order valence-corrected chi connectivity index (χ4v) is 3.23. The lowest BCUT2D eigenvalue weighted by Gasteiger charge is -2.25. The van der Waals surface area contributed by atoms with Crippen LogP contribution in [0.3, 0.4) is 0 Å². The van der Waals surface area contributed by atoms with E-state index in [1.165, 1.54) is 12.1 Å². The fraction of sp³-hybridized carbons (Fsp3) is 0.316. The zero-order chi connectivity index (χ0) is 17.1. The molecule has 2 aromatic carbocycles. The van der Waals surface area contributed by atoms with Gasteiger partial charge in [0.15, 0.2) is 0 Å². The lowest BCUT2D eigenvalue weighted by molar-refractivity contribution is 0.172. The summed E-state index contributed by atoms with van der Waals surface area (Å²) in [5.41, 5.74) is 1.93. The van der Waals surface area contributed by atoms with Gasteiger partial charge >= 0.3 is 0 Å². The summed E-state index contributed by atoms with van der Waals surface area (Å²) in [6, 6.07) is 14.1. The van der Waals surface area contributed by atoms with Crippen molar-refractivity contribution in [2.24, 2.45) is 0 Å². The number of likely N-dealkylation sites (tertiary alicyclic amines) is 1. The first-order chi connectivity index (χ1) is 11.6. The van der Waals surface area contributed by atoms with E-state index in [0.717, 1.165) is 11.3 Å². The van der Waals surface area contributed by atoms with Crippen LogP contribution in [0.25, 0.3) is 0 Å². The summed E-state index contributed by atoms with van der Waals surface area (Å²) >= 11 is 0. The van der Waals surface area contributed by atoms with Crippen LogP contribution in [-0.4, -0.2) is 29.8 Å². The minimum absolute atomic E-state index is 0.0137. The van der Waals surface area contributed by atoms with Crippen molar-refractivity contribution in [1.29, 1.82) is 5.26 Å². The Bertz CT molecular complexity index is 772. The van der Waals surface area contributed by atoms with Crippen molar-refractivity contribution in [3.63, 3.8) is 0 Å². The molecule has 1 heterocycles. The van der Waals surface area contributed by atoms with Gasteiger partial charge in [-0.1, -0.05) is 12.1 Å². The first kappa shape index (κ1) is 16.4. The van der Waals surface area contributed by atoms with Crippen molar-refractivity contribution < 1.29 is 14.2 Å². The monoisotopic (exact) mass is 326 g/mol. The fourth-order valence-electron chi connectivity index (χ4n) is 3.23. The van der Waals surface area contributed by atoms with E-state index in [4.69, 9.17) is 10.00 Å². The number of rotatable bonds is 4. The van der Waals surface area contributed by atoms with Gasteiger partial charge in [-0.3, -0.25) is 4.90 Å². The molecule has 3 rings (SSSR count). The topological polar surface area (TPSA) is 56.5 Å². The lowest BCUT2D eigenvalue weighted by atomic mass is 10.0. The quantitative estimate of drug-likeness (QED) is 0.938. The van der Waals surface area contributed by atoms with E-state index in [2.05, 4.69) is 0 Å². The maximum absolute atomic E-state index is 14.1. The molecule has 0 bridgehead atoms. The van der Waals surface area contributed by atoms with Crippen LogP contribution in [0.4, 0.5) is 4.39 Å². The van der Waals surface area contributed by atoms with Gasteiger partial charge in [0.25, 0.3) is 0 Å². The van der Waals surface area contributed by atoms with Crippen LogP contribution in [0.5, 0.6) is 5.75 Å². The highest BCUT2D eigenvalue weighted by Crippen LogP contribution is 2.35. The summed E-state index contributed by atoms with van der Waals surface area (Å²) in [7, 11) is 1.61. The Morgan fingerprint density at radius 2 is 2.17 bits per heavy atom. The van der Waals surface area contributed by atoms with E-state index in [-0.39, 0.29) is 11.9 Å². The predicted octanol–water partition coefficient (Wildman–Crippen LogP) is 3.01. The van der Waals surface area contributed by atoms with Crippen LogP contribution < -0.4 is 4.74 Å². The SMILES string of the molecule is COc1cccc(C2CC(O)CN2Cc2cc(C#N)ccc2F)c1. The van der Waals surface area contributed by atoms with Gasteiger partial charge < -0.3 is 9.84 Å². The molecule has 1 saturated heterocycles. The van der Waals surface area contributed by atoms with Crippen LogP contribution in [0.2, 0.25) is 0 Å². The van der Waals surface area contributed by atoms with E-state index in [0.29, 0.717) is 30.6 Å². The summed E-state index contributed by atoms with van der Waals surface area (Å²) in [4.78, 5) is 2.04. The highest BCUT2D eigenvalue weighted by atomic mass is 19.1. The average Bonchev–Trinajstić information content (AvgIpc) is 2.97. The maximum Gasteiger partial charge on any atom is 0.127 e. The molecule has 1 aliphatic heterocycles. The van der Waals surface area contributed by atoms with Crippen LogP contribution in [0, 0.1) is 17.1 Å². The van der Waals surface area contributed by atoms with Crippen molar-refractivity contribution >= 4 is 0 Å². The molecular weight excluding hydrogens is 307 g/mol. The molecule has 2 aromatic rings. The molecule has 0 aliphatic carbocycles. The van der Waals surface area contributed by atoms with Gasteiger partial charge in [0, 0.05) is 24.7 Å². The number of aliphatic hydroxyl groups excluding tert-OH is 1. The molecule has 24 heavy (non-hydrogen) atoms. The second kappa shape index (κ2) is 7.00.